The minimum atomic E-state index is -2.40. The Kier molecular flexibility index (Phi) is 10.0. The molecule has 0 bridgehead atoms. The quantitative estimate of drug-likeness (QED) is 0.125. The number of hydrogen-bond acceptors (Lipinski definition) is 8. The van der Waals surface area contributed by atoms with E-state index in [1.54, 1.807) is 6.92 Å². The highest BCUT2D eigenvalue weighted by molar-refractivity contribution is 8.13. The largest absolute Gasteiger partial charge is 0.457 e. The fraction of sp³-hybridized carbons (Fsp3) is 0.370. The zero-order valence-electron chi connectivity index (χ0n) is 31.5. The van der Waals surface area contributed by atoms with Crippen LogP contribution in [0.15, 0.2) is 132 Å². The molecule has 0 amide bonds. The second-order valence-electron chi connectivity index (χ2n) is 16.0. The molecule has 11 heteroatoms. The zero-order valence-corrected chi connectivity index (χ0v) is 32.4. The molecule has 1 aromatic heterocycles. The first-order chi connectivity index (χ1) is 27.3. The van der Waals surface area contributed by atoms with Gasteiger partial charge in [0.2, 0.25) is 10.9 Å². The summed E-state index contributed by atoms with van der Waals surface area (Å²) in [6, 6.07) is 29.6. The van der Waals surface area contributed by atoms with Crippen molar-refractivity contribution in [2.75, 3.05) is 6.01 Å². The molecule has 3 fully saturated rings. The molecule has 3 aromatic carbocycles. The first-order valence-corrected chi connectivity index (χ1v) is 20.1. The molecule has 0 unspecified atom stereocenters. The number of esters is 1. The average molecular weight is 797 g/mol. The predicted octanol–water partition coefficient (Wildman–Crippen LogP) is 9.19. The minimum Gasteiger partial charge on any atom is -0.457 e. The number of furan rings is 1. The number of thioether (sulfide) groups is 1. The Hall–Kier alpha value is -4.71. The Morgan fingerprint density at radius 3 is 2.12 bits per heavy atom. The van der Waals surface area contributed by atoms with E-state index in [1.165, 1.54) is 31.4 Å². The molecule has 8 atom stereocenters. The molecule has 1 N–H and O–H groups in total. The van der Waals surface area contributed by atoms with Crippen molar-refractivity contribution in [2.45, 2.75) is 75.3 Å². The number of benzene rings is 3. The Bertz CT molecular complexity index is 2130. The number of allylic oxidation sites excluding steroid dienone is 4. The molecule has 57 heavy (non-hydrogen) atoms. The number of alkyl halides is 3. The Labute approximate surface area is 333 Å². The third-order valence-corrected chi connectivity index (χ3v) is 14.1. The summed E-state index contributed by atoms with van der Waals surface area (Å²) in [5.41, 5.74) is -5.41. The topological polar surface area (TPSA) is 103 Å². The standard InChI is InChI=1S/C46H43F3O7S/c1-42-20-18-33(50)23-36(42)37(48)24-35-34-19-21-44(41(53)57-28-47,43(34,2)25-39(51)46(35,42)49)56-40(52)38-22-29(26-54-38)27-55-45(30-12-6-3-7-13-30,31-14-8-4-9-15-31)32-16-10-5-11-17-32/h3-18,20,22-23,26,34-35,37,39,51H,19,21,24-25,27-28H2,1-2H3/t34-,35-,37-,39-,42-,43-,44-,46-/m0/s1. The molecule has 1 heterocycles. The predicted molar refractivity (Wildman–Crippen MR) is 208 cm³/mol. The van der Waals surface area contributed by atoms with Crippen molar-refractivity contribution < 1.29 is 46.6 Å². The van der Waals surface area contributed by atoms with Gasteiger partial charge < -0.3 is 19.0 Å². The third-order valence-electron chi connectivity index (χ3n) is 13.4. The Morgan fingerprint density at radius 2 is 1.54 bits per heavy atom. The van der Waals surface area contributed by atoms with E-state index >= 15 is 8.78 Å². The minimum absolute atomic E-state index is 0.0108. The summed E-state index contributed by atoms with van der Waals surface area (Å²) in [7, 11) is 0. The highest BCUT2D eigenvalue weighted by Crippen LogP contribution is 2.71. The fourth-order valence-corrected chi connectivity index (χ4v) is 11.3. The van der Waals surface area contributed by atoms with Crippen LogP contribution in [0, 0.1) is 22.7 Å². The summed E-state index contributed by atoms with van der Waals surface area (Å²) in [4.78, 5) is 40.4. The molecular weight excluding hydrogens is 754 g/mol. The maximum atomic E-state index is 17.7. The van der Waals surface area contributed by atoms with Gasteiger partial charge in [0.05, 0.1) is 19.0 Å². The summed E-state index contributed by atoms with van der Waals surface area (Å²) in [6.07, 6.45) is 0.943. The normalized spacial score (nSPS) is 31.8. The van der Waals surface area contributed by atoms with Crippen LogP contribution in [-0.2, 0) is 31.3 Å². The highest BCUT2D eigenvalue weighted by atomic mass is 32.2. The van der Waals surface area contributed by atoms with Gasteiger partial charge in [0, 0.05) is 22.3 Å². The van der Waals surface area contributed by atoms with E-state index in [4.69, 9.17) is 13.9 Å². The smallest absolute Gasteiger partial charge is 0.375 e. The number of halogens is 3. The van der Waals surface area contributed by atoms with Gasteiger partial charge >= 0.3 is 5.97 Å². The van der Waals surface area contributed by atoms with Gasteiger partial charge in [-0.15, -0.1) is 0 Å². The van der Waals surface area contributed by atoms with E-state index in [0.717, 1.165) is 22.8 Å². The molecule has 7 nitrogen and oxygen atoms in total. The summed E-state index contributed by atoms with van der Waals surface area (Å²) in [5, 5.41) is 11.0. The summed E-state index contributed by atoms with van der Waals surface area (Å²) >= 11 is 0.336. The highest BCUT2D eigenvalue weighted by Gasteiger charge is 2.76. The molecule has 0 saturated heterocycles. The average Bonchev–Trinajstić information content (AvgIpc) is 3.81. The van der Waals surface area contributed by atoms with Crippen LogP contribution < -0.4 is 0 Å². The van der Waals surface area contributed by atoms with Gasteiger partial charge in [-0.2, -0.15) is 0 Å². The molecule has 4 aliphatic rings. The SMILES string of the molecule is C[C@]12C=CC(=O)C=C1[C@@H](F)C[C@H]1[C@@H]3CC[C@](OC(=O)c4cc(COC(c5ccccc5)(c5ccccc5)c5ccccc5)co4)(C(=O)SCF)[C@@]3(C)C[C@H](O)[C@@]12F. The summed E-state index contributed by atoms with van der Waals surface area (Å²) < 4.78 is 66.4. The fourth-order valence-electron chi connectivity index (χ4n) is 10.6. The lowest BCUT2D eigenvalue weighted by molar-refractivity contribution is -0.219. The van der Waals surface area contributed by atoms with Gasteiger partial charge in [-0.25, -0.2) is 18.0 Å². The second kappa shape index (κ2) is 14.6. The van der Waals surface area contributed by atoms with Gasteiger partial charge in [0.15, 0.2) is 17.1 Å². The van der Waals surface area contributed by atoms with Gasteiger partial charge in [0.1, 0.15) is 17.8 Å². The van der Waals surface area contributed by atoms with Gasteiger partial charge in [-0.1, -0.05) is 104 Å². The van der Waals surface area contributed by atoms with E-state index in [2.05, 4.69) is 0 Å². The third kappa shape index (κ3) is 5.90. The number of fused-ring (bicyclic) bond motifs is 5. The first kappa shape index (κ1) is 39.1. The molecule has 0 radical (unpaired) electrons. The van der Waals surface area contributed by atoms with Crippen LogP contribution in [0.5, 0.6) is 0 Å². The second-order valence-corrected chi connectivity index (χ2v) is 16.9. The number of carbonyl (C=O) groups is 3. The maximum absolute atomic E-state index is 17.7. The van der Waals surface area contributed by atoms with E-state index in [0.29, 0.717) is 17.3 Å². The first-order valence-electron chi connectivity index (χ1n) is 19.1. The van der Waals surface area contributed by atoms with Gasteiger partial charge in [0.25, 0.3) is 0 Å². The van der Waals surface area contributed by atoms with Crippen molar-refractivity contribution >= 4 is 28.6 Å². The zero-order chi connectivity index (χ0) is 40.2. The van der Waals surface area contributed by atoms with Crippen LogP contribution in [-0.4, -0.2) is 51.5 Å². The van der Waals surface area contributed by atoms with Crippen LogP contribution in [0.3, 0.4) is 0 Å². The van der Waals surface area contributed by atoms with Crippen molar-refractivity contribution in [3.8, 4) is 0 Å². The maximum Gasteiger partial charge on any atom is 0.375 e. The molecular formula is C46H43F3O7S. The van der Waals surface area contributed by atoms with Crippen LogP contribution in [0.2, 0.25) is 0 Å². The van der Waals surface area contributed by atoms with E-state index in [9.17, 15) is 23.9 Å². The monoisotopic (exact) mass is 796 g/mol. The van der Waals surface area contributed by atoms with Crippen LogP contribution in [0.1, 0.15) is 72.3 Å². The number of aliphatic hydroxyl groups excluding tert-OH is 1. The van der Waals surface area contributed by atoms with Crippen LogP contribution >= 0.6 is 11.8 Å². The van der Waals surface area contributed by atoms with Crippen molar-refractivity contribution in [2.24, 2.45) is 22.7 Å². The van der Waals surface area contributed by atoms with Crippen molar-refractivity contribution in [1.29, 1.82) is 0 Å². The van der Waals surface area contributed by atoms with Gasteiger partial charge in [-0.05, 0) is 90.8 Å². The molecule has 3 saturated carbocycles. The molecule has 8 rings (SSSR count). The van der Waals surface area contributed by atoms with E-state index in [-0.39, 0.29) is 43.6 Å². The van der Waals surface area contributed by atoms with Crippen LogP contribution in [0.4, 0.5) is 13.2 Å². The van der Waals surface area contributed by atoms with E-state index < -0.39 is 74.7 Å². The number of rotatable bonds is 10. The van der Waals surface area contributed by atoms with Crippen molar-refractivity contribution in [3.63, 3.8) is 0 Å². The molecule has 4 aromatic rings. The summed E-state index contributed by atoms with van der Waals surface area (Å²) in [6.45, 7) is 3.11. The molecule has 0 aliphatic heterocycles. The molecule has 4 aliphatic carbocycles. The lowest BCUT2D eigenvalue weighted by Gasteiger charge is -2.63. The molecule has 296 valence electrons. The number of ether oxygens (including phenoxy) is 2. The van der Waals surface area contributed by atoms with Crippen molar-refractivity contribution in [3.05, 3.63) is 155 Å². The summed E-state index contributed by atoms with van der Waals surface area (Å²) in [5.74, 6) is -3.55. The lowest BCUT2D eigenvalue weighted by atomic mass is 9.44. The van der Waals surface area contributed by atoms with E-state index in [1.807, 2.05) is 91.0 Å². The number of ketones is 1. The lowest BCUT2D eigenvalue weighted by Crippen LogP contribution is -2.70. The molecule has 0 spiro atoms. The number of carbonyl (C=O) groups excluding carboxylic acids is 3. The number of aliphatic hydroxyl groups is 1. The number of hydrogen-bond donors (Lipinski definition) is 1. The van der Waals surface area contributed by atoms with Crippen molar-refractivity contribution in [1.82, 2.24) is 0 Å². The van der Waals surface area contributed by atoms with Crippen LogP contribution in [0.25, 0.3) is 0 Å². The van der Waals surface area contributed by atoms with Gasteiger partial charge in [-0.3, -0.25) is 9.59 Å². The Balaban J connectivity index is 1.10. The Morgan fingerprint density at radius 1 is 0.947 bits per heavy atom.